The predicted octanol–water partition coefficient (Wildman–Crippen LogP) is 1.40. The molecule has 2 N–H and O–H groups in total. The van der Waals surface area contributed by atoms with Crippen LogP contribution < -0.4 is 0 Å². The number of carboxylic acid groups (broad SMARTS) is 1. The van der Waals surface area contributed by atoms with E-state index in [4.69, 9.17) is 10.2 Å². The van der Waals surface area contributed by atoms with Gasteiger partial charge in [0.05, 0.1) is 11.8 Å². The molecule has 0 saturated heterocycles. The van der Waals surface area contributed by atoms with Gasteiger partial charge < -0.3 is 10.2 Å². The van der Waals surface area contributed by atoms with E-state index < -0.39 is 5.97 Å². The number of aliphatic hydroxyl groups is 1. The lowest BCUT2D eigenvalue weighted by Crippen LogP contribution is -1.82. The second kappa shape index (κ2) is 5.12. The van der Waals surface area contributed by atoms with E-state index in [1.54, 1.807) is 0 Å². The Morgan fingerprint density at radius 2 is 2.00 bits per heavy atom. The summed E-state index contributed by atoms with van der Waals surface area (Å²) >= 11 is 0. The summed E-state index contributed by atoms with van der Waals surface area (Å²) in [5, 5.41) is 16.7. The standard InChI is InChI=1S/C8H8O3/c1-7(9)5-3-2-4-6-8(10)11/h3,5-6,9H,1H3,(H,10,11). The third-order valence-corrected chi connectivity index (χ3v) is 0.687. The van der Waals surface area contributed by atoms with Crippen molar-refractivity contribution in [3.63, 3.8) is 0 Å². The normalized spacial score (nSPS) is 9.36. The second-order valence-corrected chi connectivity index (χ2v) is 1.75. The van der Waals surface area contributed by atoms with Gasteiger partial charge in [-0.1, -0.05) is 11.5 Å². The van der Waals surface area contributed by atoms with Crippen molar-refractivity contribution in [1.29, 1.82) is 0 Å². The summed E-state index contributed by atoms with van der Waals surface area (Å²) in [6, 6.07) is 0. The van der Waals surface area contributed by atoms with E-state index in [9.17, 15) is 4.79 Å². The quantitative estimate of drug-likeness (QED) is 0.272. The van der Waals surface area contributed by atoms with E-state index in [-0.39, 0.29) is 5.76 Å². The molecule has 0 rings (SSSR count). The first-order valence-corrected chi connectivity index (χ1v) is 2.89. The van der Waals surface area contributed by atoms with Gasteiger partial charge in [0.25, 0.3) is 0 Å². The smallest absolute Gasteiger partial charge is 0.336 e. The first kappa shape index (κ1) is 9.31. The van der Waals surface area contributed by atoms with Gasteiger partial charge in [0.15, 0.2) is 0 Å². The summed E-state index contributed by atoms with van der Waals surface area (Å²) in [6.45, 7) is 1.50. The largest absolute Gasteiger partial charge is 0.513 e. The molecule has 0 radical (unpaired) electrons. The number of carboxylic acids is 1. The Hall–Kier alpha value is -1.69. The van der Waals surface area contributed by atoms with Gasteiger partial charge in [-0.05, 0) is 19.1 Å². The fourth-order valence-corrected chi connectivity index (χ4v) is 0.314. The Balaban J connectivity index is 4.23. The first-order valence-electron chi connectivity index (χ1n) is 2.89. The zero-order valence-corrected chi connectivity index (χ0v) is 6.03. The molecule has 0 heterocycles. The Bertz CT molecular complexity index is 257. The summed E-state index contributed by atoms with van der Waals surface area (Å²) in [5.41, 5.74) is 4.65. The zero-order chi connectivity index (χ0) is 8.69. The maximum absolute atomic E-state index is 9.86. The van der Waals surface area contributed by atoms with Gasteiger partial charge in [-0.3, -0.25) is 0 Å². The lowest BCUT2D eigenvalue weighted by atomic mass is 10.4. The molecule has 0 fully saturated rings. The molecule has 58 valence electrons. The van der Waals surface area contributed by atoms with Crippen molar-refractivity contribution in [2.24, 2.45) is 0 Å². The molecule has 0 aliphatic rings. The second-order valence-electron chi connectivity index (χ2n) is 1.75. The van der Waals surface area contributed by atoms with Crippen LogP contribution in [0.3, 0.4) is 0 Å². The molecule has 0 aliphatic carbocycles. The van der Waals surface area contributed by atoms with Crippen molar-refractivity contribution in [1.82, 2.24) is 0 Å². The molecule has 0 bridgehead atoms. The van der Waals surface area contributed by atoms with Crippen molar-refractivity contribution < 1.29 is 15.0 Å². The number of allylic oxidation sites excluding steroid dienone is 3. The third kappa shape index (κ3) is 8.31. The summed E-state index contributed by atoms with van der Waals surface area (Å²) in [7, 11) is 0. The van der Waals surface area contributed by atoms with E-state index in [1.165, 1.54) is 19.1 Å². The molecular weight excluding hydrogens is 144 g/mol. The molecule has 3 nitrogen and oxygen atoms in total. The number of hydrogen-bond acceptors (Lipinski definition) is 2. The highest BCUT2D eigenvalue weighted by Crippen LogP contribution is 1.82. The molecule has 0 atom stereocenters. The van der Waals surface area contributed by atoms with Crippen LogP contribution in [0.15, 0.2) is 35.4 Å². The van der Waals surface area contributed by atoms with Crippen molar-refractivity contribution in [2.75, 3.05) is 0 Å². The predicted molar refractivity (Wildman–Crippen MR) is 40.2 cm³/mol. The van der Waals surface area contributed by atoms with Crippen molar-refractivity contribution in [3.05, 3.63) is 35.4 Å². The average Bonchev–Trinajstić information content (AvgIpc) is 1.85. The summed E-state index contributed by atoms with van der Waals surface area (Å²) in [5.74, 6) is -0.940. The van der Waals surface area contributed by atoms with Crippen LogP contribution >= 0.6 is 0 Å². The number of aliphatic carboxylic acids is 1. The van der Waals surface area contributed by atoms with Gasteiger partial charge in [0.1, 0.15) is 0 Å². The Morgan fingerprint density at radius 1 is 1.36 bits per heavy atom. The Morgan fingerprint density at radius 3 is 2.45 bits per heavy atom. The van der Waals surface area contributed by atoms with Crippen LogP contribution in [-0.4, -0.2) is 16.2 Å². The van der Waals surface area contributed by atoms with Gasteiger partial charge >= 0.3 is 5.97 Å². The van der Waals surface area contributed by atoms with Crippen molar-refractivity contribution >= 4 is 5.97 Å². The van der Waals surface area contributed by atoms with Crippen LogP contribution in [0.1, 0.15) is 6.92 Å². The Kier molecular flexibility index (Phi) is 4.34. The van der Waals surface area contributed by atoms with Crippen LogP contribution in [-0.2, 0) is 4.79 Å². The van der Waals surface area contributed by atoms with Gasteiger partial charge in [0, 0.05) is 0 Å². The van der Waals surface area contributed by atoms with Crippen LogP contribution in [0.25, 0.3) is 0 Å². The molecule has 3 heteroatoms. The molecule has 11 heavy (non-hydrogen) atoms. The van der Waals surface area contributed by atoms with Crippen LogP contribution in [0.4, 0.5) is 0 Å². The fraction of sp³-hybridized carbons (Fsp3) is 0.125. The van der Waals surface area contributed by atoms with Crippen LogP contribution in [0.5, 0.6) is 0 Å². The van der Waals surface area contributed by atoms with E-state index in [2.05, 4.69) is 11.5 Å². The lowest BCUT2D eigenvalue weighted by Gasteiger charge is -1.77. The highest BCUT2D eigenvalue weighted by molar-refractivity contribution is 5.79. The number of rotatable bonds is 2. The van der Waals surface area contributed by atoms with Gasteiger partial charge in [-0.15, -0.1) is 0 Å². The van der Waals surface area contributed by atoms with Crippen molar-refractivity contribution in [2.45, 2.75) is 6.92 Å². The first-order chi connectivity index (χ1) is 5.13. The number of hydrogen-bond donors (Lipinski definition) is 2. The molecule has 0 aliphatic heterocycles. The molecule has 0 aromatic carbocycles. The average molecular weight is 152 g/mol. The maximum atomic E-state index is 9.86. The molecular formula is C8H8O3. The summed E-state index contributed by atoms with van der Waals surface area (Å²) in [6.07, 6.45) is 3.58. The summed E-state index contributed by atoms with van der Waals surface area (Å²) < 4.78 is 0. The molecule has 0 aromatic heterocycles. The topological polar surface area (TPSA) is 57.5 Å². The molecule has 0 saturated carbocycles. The minimum Gasteiger partial charge on any atom is -0.513 e. The maximum Gasteiger partial charge on any atom is 0.336 e. The van der Waals surface area contributed by atoms with Gasteiger partial charge in [0.2, 0.25) is 0 Å². The summed E-state index contributed by atoms with van der Waals surface area (Å²) in [4.78, 5) is 9.86. The highest BCUT2D eigenvalue weighted by Gasteiger charge is 1.78. The fourth-order valence-electron chi connectivity index (χ4n) is 0.314. The minimum atomic E-state index is -1.07. The van der Waals surface area contributed by atoms with Crippen molar-refractivity contribution in [3.8, 4) is 0 Å². The van der Waals surface area contributed by atoms with E-state index in [0.717, 1.165) is 6.08 Å². The van der Waals surface area contributed by atoms with Gasteiger partial charge in [-0.25, -0.2) is 4.79 Å². The third-order valence-electron chi connectivity index (χ3n) is 0.687. The molecule has 0 unspecified atom stereocenters. The van der Waals surface area contributed by atoms with Gasteiger partial charge in [-0.2, -0.15) is 0 Å². The SMILES string of the molecule is CC(O)=CC=C=C=CC(=O)O. The van der Waals surface area contributed by atoms with E-state index >= 15 is 0 Å². The number of aliphatic hydroxyl groups excluding tert-OH is 1. The van der Waals surface area contributed by atoms with Crippen LogP contribution in [0, 0.1) is 0 Å². The lowest BCUT2D eigenvalue weighted by molar-refractivity contribution is -0.131. The zero-order valence-electron chi connectivity index (χ0n) is 6.03. The monoisotopic (exact) mass is 152 g/mol. The van der Waals surface area contributed by atoms with Crippen LogP contribution in [0.2, 0.25) is 0 Å². The van der Waals surface area contributed by atoms with E-state index in [0.29, 0.717) is 0 Å². The molecule has 0 aromatic rings. The Labute approximate surface area is 64.3 Å². The molecule has 0 spiro atoms. The minimum absolute atomic E-state index is 0.134. The molecule has 0 amide bonds. The van der Waals surface area contributed by atoms with E-state index in [1.807, 2.05) is 0 Å². The number of carbonyl (C=O) groups is 1. The highest BCUT2D eigenvalue weighted by atomic mass is 16.4.